The molecule has 1 aliphatic rings. The predicted molar refractivity (Wildman–Crippen MR) is 127 cm³/mol. The number of para-hydroxylation sites is 1. The average Bonchev–Trinajstić information content (AvgIpc) is 3.23. The summed E-state index contributed by atoms with van der Waals surface area (Å²) < 4.78 is 10.8. The quantitative estimate of drug-likeness (QED) is 0.457. The molecule has 8 heteroatoms. The summed E-state index contributed by atoms with van der Waals surface area (Å²) in [6.45, 7) is 1.80. The standard InChI is InChI=1S/C26H25N3O5/c1-16-22-19(27-28-24(30)17-10-5-4-6-11-17)13-9-15-21(22)34-23(16)25(31)29(2)20-14-8-7-12-18(20)26(32)33-3/h4-8,10-12,14H,9,13,15H2,1-3H3,(H,28,30)/b27-19+. The first-order chi connectivity index (χ1) is 16.4. The Balaban J connectivity index is 1.63. The molecule has 0 radical (unpaired) electrons. The van der Waals surface area contributed by atoms with Crippen molar-refractivity contribution in [2.45, 2.75) is 26.2 Å². The number of nitrogens with one attached hydrogen (secondary N) is 1. The van der Waals surface area contributed by atoms with Crippen LogP contribution in [0.4, 0.5) is 5.69 Å². The van der Waals surface area contributed by atoms with Crippen LogP contribution in [0.15, 0.2) is 64.1 Å². The molecular formula is C26H25N3O5. The average molecular weight is 460 g/mol. The number of methoxy groups -OCH3 is 1. The number of hydrogen-bond acceptors (Lipinski definition) is 6. The van der Waals surface area contributed by atoms with Crippen LogP contribution in [-0.4, -0.2) is 37.7 Å². The third kappa shape index (κ3) is 4.34. The highest BCUT2D eigenvalue weighted by molar-refractivity contribution is 6.12. The summed E-state index contributed by atoms with van der Waals surface area (Å²) in [6.07, 6.45) is 2.10. The van der Waals surface area contributed by atoms with Crippen molar-refractivity contribution in [3.05, 3.63) is 88.4 Å². The van der Waals surface area contributed by atoms with Crippen LogP contribution in [0.25, 0.3) is 0 Å². The molecule has 0 saturated heterocycles. The molecule has 1 N–H and O–H groups in total. The number of aryl methyl sites for hydroxylation is 1. The van der Waals surface area contributed by atoms with E-state index in [1.165, 1.54) is 12.0 Å². The molecule has 0 bridgehead atoms. The second-order valence-electron chi connectivity index (χ2n) is 7.95. The van der Waals surface area contributed by atoms with Crippen molar-refractivity contribution < 1.29 is 23.5 Å². The summed E-state index contributed by atoms with van der Waals surface area (Å²) in [5.41, 5.74) is 5.88. The minimum Gasteiger partial charge on any atom is -0.465 e. The Morgan fingerprint density at radius 3 is 2.47 bits per heavy atom. The fourth-order valence-electron chi connectivity index (χ4n) is 4.07. The fraction of sp³-hybridized carbons (Fsp3) is 0.231. The molecule has 3 aromatic rings. The number of esters is 1. The molecule has 1 heterocycles. The molecule has 0 saturated carbocycles. The second kappa shape index (κ2) is 9.74. The van der Waals surface area contributed by atoms with Crippen LogP contribution in [-0.2, 0) is 11.2 Å². The largest absolute Gasteiger partial charge is 0.465 e. The van der Waals surface area contributed by atoms with Gasteiger partial charge in [0.05, 0.1) is 24.1 Å². The van der Waals surface area contributed by atoms with Crippen molar-refractivity contribution in [2.75, 3.05) is 19.1 Å². The molecule has 0 unspecified atom stereocenters. The topological polar surface area (TPSA) is 101 Å². The van der Waals surface area contributed by atoms with Gasteiger partial charge in [0.15, 0.2) is 5.76 Å². The van der Waals surface area contributed by atoms with E-state index in [1.807, 2.05) is 6.07 Å². The molecule has 8 nitrogen and oxygen atoms in total. The lowest BCUT2D eigenvalue weighted by molar-refractivity contribution is 0.0601. The molecule has 0 spiro atoms. The number of hydrogen-bond donors (Lipinski definition) is 1. The summed E-state index contributed by atoms with van der Waals surface area (Å²) in [6, 6.07) is 15.6. The lowest BCUT2D eigenvalue weighted by atomic mass is 9.93. The fourth-order valence-corrected chi connectivity index (χ4v) is 4.07. The van der Waals surface area contributed by atoms with Gasteiger partial charge in [0.25, 0.3) is 11.8 Å². The van der Waals surface area contributed by atoms with E-state index in [1.54, 1.807) is 62.5 Å². The number of hydrazone groups is 1. The SMILES string of the molecule is COC(=O)c1ccccc1N(C)C(=O)c1oc2c(c1C)/C(=N/NC(=O)c1ccccc1)CCC2. The zero-order valence-corrected chi connectivity index (χ0v) is 19.3. The summed E-state index contributed by atoms with van der Waals surface area (Å²) in [5, 5.41) is 4.36. The Hall–Kier alpha value is -4.20. The zero-order chi connectivity index (χ0) is 24.2. The molecule has 1 aliphatic carbocycles. The molecule has 174 valence electrons. The highest BCUT2D eigenvalue weighted by Crippen LogP contribution is 2.32. The smallest absolute Gasteiger partial charge is 0.339 e. The third-order valence-corrected chi connectivity index (χ3v) is 5.82. The number of carbonyl (C=O) groups is 3. The Bertz CT molecular complexity index is 1280. The van der Waals surface area contributed by atoms with Crippen molar-refractivity contribution in [1.29, 1.82) is 0 Å². The van der Waals surface area contributed by atoms with E-state index in [2.05, 4.69) is 10.5 Å². The van der Waals surface area contributed by atoms with Crippen LogP contribution in [0, 0.1) is 6.92 Å². The first-order valence-electron chi connectivity index (χ1n) is 10.9. The monoisotopic (exact) mass is 459 g/mol. The van der Waals surface area contributed by atoms with Gasteiger partial charge in [-0.05, 0) is 44.0 Å². The van der Waals surface area contributed by atoms with E-state index < -0.39 is 11.9 Å². The van der Waals surface area contributed by atoms with E-state index in [9.17, 15) is 14.4 Å². The van der Waals surface area contributed by atoms with Crippen LogP contribution in [0.2, 0.25) is 0 Å². The molecular weight excluding hydrogens is 434 g/mol. The van der Waals surface area contributed by atoms with Crippen molar-refractivity contribution >= 4 is 29.2 Å². The van der Waals surface area contributed by atoms with Crippen LogP contribution >= 0.6 is 0 Å². The Morgan fingerprint density at radius 1 is 1.03 bits per heavy atom. The highest BCUT2D eigenvalue weighted by Gasteiger charge is 2.30. The number of furan rings is 1. The molecule has 2 aromatic carbocycles. The maximum absolute atomic E-state index is 13.4. The van der Waals surface area contributed by atoms with Crippen molar-refractivity contribution in [2.24, 2.45) is 5.10 Å². The number of nitrogens with zero attached hydrogens (tertiary/aromatic N) is 2. The lowest BCUT2D eigenvalue weighted by Crippen LogP contribution is -2.28. The summed E-state index contributed by atoms with van der Waals surface area (Å²) in [7, 11) is 2.88. The second-order valence-corrected chi connectivity index (χ2v) is 7.95. The van der Waals surface area contributed by atoms with Gasteiger partial charge in [0.1, 0.15) is 5.76 Å². The molecule has 2 amide bonds. The van der Waals surface area contributed by atoms with E-state index >= 15 is 0 Å². The lowest BCUT2D eigenvalue weighted by Gasteiger charge is -2.19. The van der Waals surface area contributed by atoms with Gasteiger partial charge in [-0.3, -0.25) is 9.59 Å². The third-order valence-electron chi connectivity index (χ3n) is 5.82. The Kier molecular flexibility index (Phi) is 6.58. The predicted octanol–water partition coefficient (Wildman–Crippen LogP) is 4.12. The molecule has 0 aliphatic heterocycles. The number of benzene rings is 2. The molecule has 0 fully saturated rings. The van der Waals surface area contributed by atoms with Gasteiger partial charge in [0, 0.05) is 30.2 Å². The minimum atomic E-state index is -0.533. The normalized spacial score (nSPS) is 13.8. The summed E-state index contributed by atoms with van der Waals surface area (Å²) in [4.78, 5) is 39.3. The van der Waals surface area contributed by atoms with Gasteiger partial charge in [-0.25, -0.2) is 10.2 Å². The maximum Gasteiger partial charge on any atom is 0.339 e. The number of fused-ring (bicyclic) bond motifs is 1. The number of carbonyl (C=O) groups excluding carboxylic acids is 3. The molecule has 0 atom stereocenters. The van der Waals surface area contributed by atoms with E-state index in [-0.39, 0.29) is 17.2 Å². The first kappa shape index (κ1) is 23.0. The highest BCUT2D eigenvalue weighted by atomic mass is 16.5. The molecule has 4 rings (SSSR count). The van der Waals surface area contributed by atoms with E-state index in [4.69, 9.17) is 9.15 Å². The van der Waals surface area contributed by atoms with Crippen LogP contribution in [0.3, 0.4) is 0 Å². The van der Waals surface area contributed by atoms with Gasteiger partial charge in [-0.2, -0.15) is 5.10 Å². The Morgan fingerprint density at radius 2 is 1.74 bits per heavy atom. The van der Waals surface area contributed by atoms with E-state index in [0.29, 0.717) is 41.1 Å². The van der Waals surface area contributed by atoms with Gasteiger partial charge in [-0.15, -0.1) is 0 Å². The van der Waals surface area contributed by atoms with Crippen molar-refractivity contribution in [1.82, 2.24) is 5.43 Å². The van der Waals surface area contributed by atoms with Crippen LogP contribution in [0.1, 0.15) is 61.0 Å². The molecule has 1 aromatic heterocycles. The zero-order valence-electron chi connectivity index (χ0n) is 19.3. The maximum atomic E-state index is 13.4. The number of anilines is 1. The summed E-state index contributed by atoms with van der Waals surface area (Å²) >= 11 is 0. The number of ether oxygens (including phenoxy) is 1. The van der Waals surface area contributed by atoms with Gasteiger partial charge < -0.3 is 14.1 Å². The van der Waals surface area contributed by atoms with Gasteiger partial charge >= 0.3 is 5.97 Å². The van der Waals surface area contributed by atoms with Gasteiger partial charge in [-0.1, -0.05) is 30.3 Å². The Labute approximate surface area is 197 Å². The van der Waals surface area contributed by atoms with Crippen molar-refractivity contribution in [3.63, 3.8) is 0 Å². The van der Waals surface area contributed by atoms with Crippen molar-refractivity contribution in [3.8, 4) is 0 Å². The molecule has 34 heavy (non-hydrogen) atoms. The van der Waals surface area contributed by atoms with E-state index in [0.717, 1.165) is 12.0 Å². The first-order valence-corrected chi connectivity index (χ1v) is 10.9. The minimum absolute atomic E-state index is 0.177. The van der Waals surface area contributed by atoms with Gasteiger partial charge in [0.2, 0.25) is 0 Å². The number of rotatable bonds is 5. The van der Waals surface area contributed by atoms with Crippen LogP contribution < -0.4 is 10.3 Å². The summed E-state index contributed by atoms with van der Waals surface area (Å²) in [5.74, 6) is -0.396. The van der Waals surface area contributed by atoms with Crippen LogP contribution in [0.5, 0.6) is 0 Å². The number of amides is 2.